The van der Waals surface area contributed by atoms with E-state index < -0.39 is 21.3 Å². The fraction of sp³-hybridized carbons (Fsp3) is 0.458. The zero-order chi connectivity index (χ0) is 23.3. The van der Waals surface area contributed by atoms with Gasteiger partial charge in [0.25, 0.3) is 0 Å². The molecule has 2 heterocycles. The number of hydrogen-bond donors (Lipinski definition) is 1. The summed E-state index contributed by atoms with van der Waals surface area (Å²) >= 11 is 0. The van der Waals surface area contributed by atoms with Crippen molar-refractivity contribution in [1.29, 1.82) is 0 Å². The molecule has 1 N–H and O–H groups in total. The molecule has 0 spiro atoms. The van der Waals surface area contributed by atoms with Gasteiger partial charge in [0, 0.05) is 33.1 Å². The Kier molecular flexibility index (Phi) is 7.64. The normalized spacial score (nSPS) is 21.6. The van der Waals surface area contributed by atoms with Crippen LogP contribution in [0.1, 0.15) is 36.4 Å². The fourth-order valence-corrected chi connectivity index (χ4v) is 5.87. The second kappa shape index (κ2) is 10.6. The van der Waals surface area contributed by atoms with Crippen LogP contribution in [0, 0.1) is 0 Å². The first-order chi connectivity index (χ1) is 15.9. The summed E-state index contributed by atoms with van der Waals surface area (Å²) in [6, 6.07) is 17.0. The molecule has 1 amide bonds. The Morgan fingerprint density at radius 1 is 1.12 bits per heavy atom. The first-order valence-electron chi connectivity index (χ1n) is 11.3. The van der Waals surface area contributed by atoms with Crippen molar-refractivity contribution in [2.24, 2.45) is 0 Å². The predicted molar refractivity (Wildman–Crippen MR) is 125 cm³/mol. The molecule has 2 aliphatic rings. The minimum Gasteiger partial charge on any atom is -0.489 e. The first kappa shape index (κ1) is 23.7. The summed E-state index contributed by atoms with van der Waals surface area (Å²) in [7, 11) is -1.86. The topological polar surface area (TPSA) is 88.2 Å². The van der Waals surface area contributed by atoms with Gasteiger partial charge in [-0.25, -0.2) is 13.1 Å². The van der Waals surface area contributed by atoms with Crippen molar-refractivity contribution >= 4 is 15.9 Å². The summed E-state index contributed by atoms with van der Waals surface area (Å²) in [6.07, 6.45) is 2.07. The summed E-state index contributed by atoms with van der Waals surface area (Å²) in [5.74, 6) is 0.873. The third-order valence-corrected chi connectivity index (χ3v) is 7.93. The van der Waals surface area contributed by atoms with Crippen molar-refractivity contribution in [2.75, 3.05) is 33.3 Å². The van der Waals surface area contributed by atoms with E-state index in [1.54, 1.807) is 17.0 Å². The van der Waals surface area contributed by atoms with Crippen LogP contribution in [0.5, 0.6) is 5.75 Å². The molecule has 0 aliphatic carbocycles. The lowest BCUT2D eigenvalue weighted by molar-refractivity contribution is -0.127. The number of hydrogen-bond acceptors (Lipinski definition) is 6. The number of sulfonamides is 1. The fourth-order valence-electron chi connectivity index (χ4n) is 4.31. The lowest BCUT2D eigenvalue weighted by Crippen LogP contribution is -2.40. The SMILES string of the molecule is CN1OC[C@H](S(=O)(=O)NCCCN2CCCC2=O)[C@H]1c1ccc(OCc2ccccc2)cc1. The Balaban J connectivity index is 1.34. The van der Waals surface area contributed by atoms with Crippen LogP contribution in [0.25, 0.3) is 0 Å². The highest BCUT2D eigenvalue weighted by atomic mass is 32.2. The molecule has 0 unspecified atom stereocenters. The molecule has 2 fully saturated rings. The van der Waals surface area contributed by atoms with Gasteiger partial charge in [0.2, 0.25) is 15.9 Å². The first-order valence-corrected chi connectivity index (χ1v) is 12.9. The summed E-state index contributed by atoms with van der Waals surface area (Å²) in [5, 5.41) is 0.874. The maximum Gasteiger partial charge on any atom is 0.222 e. The molecule has 0 saturated carbocycles. The predicted octanol–water partition coefficient (Wildman–Crippen LogP) is 2.48. The number of carbonyl (C=O) groups excluding carboxylic acids is 1. The molecule has 2 saturated heterocycles. The molecular formula is C24H31N3O5S. The van der Waals surface area contributed by atoms with Crippen molar-refractivity contribution in [2.45, 2.75) is 37.2 Å². The molecule has 0 radical (unpaired) electrons. The highest BCUT2D eigenvalue weighted by Gasteiger charge is 2.43. The van der Waals surface area contributed by atoms with Crippen LogP contribution in [0.2, 0.25) is 0 Å². The monoisotopic (exact) mass is 473 g/mol. The Bertz CT molecular complexity index is 1030. The number of nitrogens with zero attached hydrogens (tertiary/aromatic N) is 2. The smallest absolute Gasteiger partial charge is 0.222 e. The van der Waals surface area contributed by atoms with Crippen LogP contribution in [0.3, 0.4) is 0 Å². The van der Waals surface area contributed by atoms with E-state index in [0.717, 1.165) is 29.8 Å². The van der Waals surface area contributed by atoms with Crippen molar-refractivity contribution < 1.29 is 22.8 Å². The highest BCUT2D eigenvalue weighted by molar-refractivity contribution is 7.90. The molecule has 178 valence electrons. The van der Waals surface area contributed by atoms with Crippen molar-refractivity contribution in [3.63, 3.8) is 0 Å². The number of carbonyl (C=O) groups is 1. The minimum atomic E-state index is -3.61. The Hall–Kier alpha value is -2.46. The third kappa shape index (κ3) is 5.92. The molecule has 9 heteroatoms. The molecule has 33 heavy (non-hydrogen) atoms. The standard InChI is InChI=1S/C24H31N3O5S/c1-26-24(20-10-12-21(13-11-20)31-17-19-7-3-2-4-8-19)22(18-32-26)33(29,30)25-14-6-16-27-15-5-9-23(27)28/h2-4,7-8,10-13,22,24-25H,5-6,9,14-18H2,1H3/t22-,24+/m0/s1. The van der Waals surface area contributed by atoms with Crippen molar-refractivity contribution in [3.05, 3.63) is 65.7 Å². The number of likely N-dealkylation sites (tertiary alicyclic amines) is 1. The third-order valence-electron chi connectivity index (χ3n) is 6.13. The van der Waals surface area contributed by atoms with Gasteiger partial charge in [0.05, 0.1) is 12.6 Å². The Labute approximate surface area is 195 Å². The van der Waals surface area contributed by atoms with Crippen molar-refractivity contribution in [3.8, 4) is 5.75 Å². The number of hydroxylamine groups is 2. The summed E-state index contributed by atoms with van der Waals surface area (Å²) < 4.78 is 34.6. The van der Waals surface area contributed by atoms with E-state index in [9.17, 15) is 13.2 Å². The van der Waals surface area contributed by atoms with E-state index in [-0.39, 0.29) is 12.5 Å². The molecule has 2 aliphatic heterocycles. The van der Waals surface area contributed by atoms with Crippen LogP contribution >= 0.6 is 0 Å². The zero-order valence-corrected chi connectivity index (χ0v) is 19.7. The van der Waals surface area contributed by atoms with Crippen LogP contribution in [-0.2, 0) is 26.3 Å². The number of nitrogens with one attached hydrogen (secondary N) is 1. The Morgan fingerprint density at radius 2 is 1.88 bits per heavy atom. The lowest BCUT2D eigenvalue weighted by Gasteiger charge is -2.23. The van der Waals surface area contributed by atoms with E-state index in [4.69, 9.17) is 9.57 Å². The van der Waals surface area contributed by atoms with Gasteiger partial charge in [-0.3, -0.25) is 9.63 Å². The van der Waals surface area contributed by atoms with E-state index in [1.807, 2.05) is 54.6 Å². The van der Waals surface area contributed by atoms with Gasteiger partial charge in [0.1, 0.15) is 17.6 Å². The van der Waals surface area contributed by atoms with Crippen LogP contribution in [-0.4, -0.2) is 62.8 Å². The largest absolute Gasteiger partial charge is 0.489 e. The zero-order valence-electron chi connectivity index (χ0n) is 18.9. The van der Waals surface area contributed by atoms with Crippen molar-refractivity contribution in [1.82, 2.24) is 14.7 Å². The molecule has 2 aromatic rings. The molecule has 2 atom stereocenters. The van der Waals surface area contributed by atoms with Gasteiger partial charge in [-0.1, -0.05) is 42.5 Å². The van der Waals surface area contributed by atoms with Crippen LogP contribution < -0.4 is 9.46 Å². The van der Waals surface area contributed by atoms with E-state index in [0.29, 0.717) is 32.5 Å². The summed E-state index contributed by atoms with van der Waals surface area (Å²) in [5.41, 5.74) is 1.93. The molecule has 8 nitrogen and oxygen atoms in total. The van der Waals surface area contributed by atoms with Crippen LogP contribution in [0.4, 0.5) is 0 Å². The number of benzene rings is 2. The van der Waals surface area contributed by atoms with E-state index >= 15 is 0 Å². The minimum absolute atomic E-state index is 0.0906. The van der Waals surface area contributed by atoms with Crippen LogP contribution in [0.15, 0.2) is 54.6 Å². The summed E-state index contributed by atoms with van der Waals surface area (Å²) in [6.45, 7) is 2.20. The molecular weight excluding hydrogens is 442 g/mol. The second-order valence-electron chi connectivity index (χ2n) is 8.45. The van der Waals surface area contributed by atoms with E-state index in [2.05, 4.69) is 4.72 Å². The second-order valence-corrected chi connectivity index (χ2v) is 10.4. The lowest BCUT2D eigenvalue weighted by atomic mass is 10.0. The van der Waals surface area contributed by atoms with Gasteiger partial charge >= 0.3 is 0 Å². The molecule has 0 aromatic heterocycles. The van der Waals surface area contributed by atoms with Gasteiger partial charge < -0.3 is 9.64 Å². The van der Waals surface area contributed by atoms with E-state index in [1.165, 1.54) is 0 Å². The Morgan fingerprint density at radius 3 is 2.58 bits per heavy atom. The maximum absolute atomic E-state index is 13.0. The number of rotatable bonds is 10. The molecule has 4 rings (SSSR count). The molecule has 2 aromatic carbocycles. The maximum atomic E-state index is 13.0. The van der Waals surface area contributed by atoms with Gasteiger partial charge in [-0.2, -0.15) is 5.06 Å². The van der Waals surface area contributed by atoms with Gasteiger partial charge in [0.15, 0.2) is 0 Å². The summed E-state index contributed by atoms with van der Waals surface area (Å²) in [4.78, 5) is 19.1. The number of ether oxygens (including phenoxy) is 1. The molecule has 0 bridgehead atoms. The quantitative estimate of drug-likeness (QED) is 0.534. The number of amides is 1. The highest BCUT2D eigenvalue weighted by Crippen LogP contribution is 2.34. The average Bonchev–Trinajstić information content (AvgIpc) is 3.42. The van der Waals surface area contributed by atoms with Gasteiger partial charge in [-0.15, -0.1) is 0 Å². The van der Waals surface area contributed by atoms with Gasteiger partial charge in [-0.05, 0) is 36.1 Å². The average molecular weight is 474 g/mol.